The van der Waals surface area contributed by atoms with Gasteiger partial charge in [0.15, 0.2) is 0 Å². The molecule has 0 saturated carbocycles. The molecule has 1 heterocycles. The number of aromatic nitrogens is 1. The lowest BCUT2D eigenvalue weighted by Gasteiger charge is -2.10. The molecule has 0 fully saturated rings. The van der Waals surface area contributed by atoms with Crippen molar-refractivity contribution in [3.63, 3.8) is 0 Å². The van der Waals surface area contributed by atoms with E-state index in [1.165, 1.54) is 23.1 Å². The summed E-state index contributed by atoms with van der Waals surface area (Å²) in [4.78, 5) is 5.99. The Morgan fingerprint density at radius 3 is 2.94 bits per heavy atom. The molecule has 1 unspecified atom stereocenters. The molecule has 1 aromatic heterocycles. The number of aryl methyl sites for hydroxylation is 3. The summed E-state index contributed by atoms with van der Waals surface area (Å²) >= 11 is 1.71. The zero-order valence-corrected chi connectivity index (χ0v) is 11.1. The average molecular weight is 262 g/mol. The molecular weight excluding hydrogens is 247 g/mol. The van der Waals surface area contributed by atoms with E-state index in [1.807, 2.05) is 6.07 Å². The van der Waals surface area contributed by atoms with Gasteiger partial charge in [0.2, 0.25) is 0 Å². The van der Waals surface area contributed by atoms with E-state index >= 15 is 0 Å². The van der Waals surface area contributed by atoms with E-state index in [2.05, 4.69) is 4.98 Å². The highest BCUT2D eigenvalue weighted by molar-refractivity contribution is 7.11. The number of hydrogen-bond donors (Lipinski definition) is 1. The Morgan fingerprint density at radius 2 is 2.22 bits per heavy atom. The fourth-order valence-corrected chi connectivity index (χ4v) is 3.53. The number of nitrogens with zero attached hydrogens (tertiary/aromatic N) is 1. The van der Waals surface area contributed by atoms with E-state index in [9.17, 15) is 4.39 Å². The molecule has 2 N–H and O–H groups in total. The van der Waals surface area contributed by atoms with Crippen molar-refractivity contribution in [2.24, 2.45) is 5.73 Å². The number of nitrogens with two attached hydrogens (primary N) is 1. The second kappa shape index (κ2) is 4.44. The van der Waals surface area contributed by atoms with Gasteiger partial charge in [-0.3, -0.25) is 0 Å². The maximum absolute atomic E-state index is 13.2. The van der Waals surface area contributed by atoms with Gasteiger partial charge in [0, 0.05) is 4.88 Å². The fraction of sp³-hybridized carbons (Fsp3) is 0.357. The Labute approximate surface area is 110 Å². The summed E-state index contributed by atoms with van der Waals surface area (Å²) in [6.45, 7) is 1.76. The van der Waals surface area contributed by atoms with Crippen LogP contribution in [0.2, 0.25) is 0 Å². The molecule has 1 atom stereocenters. The maximum atomic E-state index is 13.2. The highest BCUT2D eigenvalue weighted by atomic mass is 32.1. The van der Waals surface area contributed by atoms with Crippen LogP contribution in [-0.2, 0) is 12.8 Å². The van der Waals surface area contributed by atoms with E-state index in [0.717, 1.165) is 23.4 Å². The Bertz CT molecular complexity index is 570. The Balaban J connectivity index is 1.93. The van der Waals surface area contributed by atoms with Crippen molar-refractivity contribution in [1.82, 2.24) is 4.98 Å². The molecule has 2 aromatic rings. The van der Waals surface area contributed by atoms with E-state index in [0.29, 0.717) is 5.56 Å². The molecule has 0 amide bonds. The van der Waals surface area contributed by atoms with Crippen LogP contribution in [0.4, 0.5) is 4.39 Å². The second-order valence-corrected chi connectivity index (χ2v) is 5.88. The number of halogens is 1. The van der Waals surface area contributed by atoms with Gasteiger partial charge in [0.1, 0.15) is 10.8 Å². The van der Waals surface area contributed by atoms with Crippen molar-refractivity contribution in [2.75, 3.05) is 0 Å². The number of hydrogen-bond acceptors (Lipinski definition) is 3. The number of fused-ring (bicyclic) bond motifs is 1. The van der Waals surface area contributed by atoms with Gasteiger partial charge in [-0.2, -0.15) is 0 Å². The Kier molecular flexibility index (Phi) is 2.92. The molecule has 18 heavy (non-hydrogen) atoms. The molecule has 0 bridgehead atoms. The number of benzene rings is 1. The third kappa shape index (κ3) is 1.95. The van der Waals surface area contributed by atoms with Crippen LogP contribution in [0.1, 0.15) is 39.2 Å². The summed E-state index contributed by atoms with van der Waals surface area (Å²) in [6.07, 6.45) is 3.41. The zero-order valence-electron chi connectivity index (χ0n) is 10.2. The van der Waals surface area contributed by atoms with Crippen LogP contribution >= 0.6 is 11.3 Å². The molecule has 94 valence electrons. The summed E-state index contributed by atoms with van der Waals surface area (Å²) in [7, 11) is 0. The van der Waals surface area contributed by atoms with Crippen LogP contribution in [0.15, 0.2) is 18.2 Å². The molecule has 2 nitrogen and oxygen atoms in total. The third-order valence-corrected chi connectivity index (χ3v) is 4.66. The minimum absolute atomic E-state index is 0.187. The highest BCUT2D eigenvalue weighted by Gasteiger charge is 2.21. The SMILES string of the molecule is Cc1cc(C(N)c2nc3c(s2)CCC3)ccc1F. The van der Waals surface area contributed by atoms with Crippen LogP contribution in [0, 0.1) is 12.7 Å². The van der Waals surface area contributed by atoms with E-state index in [4.69, 9.17) is 5.73 Å². The molecule has 4 heteroatoms. The summed E-state index contributed by atoms with van der Waals surface area (Å²) < 4.78 is 13.2. The van der Waals surface area contributed by atoms with Crippen LogP contribution in [-0.4, -0.2) is 4.98 Å². The summed E-state index contributed by atoms with van der Waals surface area (Å²) in [5.41, 5.74) is 9.00. The van der Waals surface area contributed by atoms with E-state index in [1.54, 1.807) is 24.3 Å². The minimum Gasteiger partial charge on any atom is -0.318 e. The van der Waals surface area contributed by atoms with Gasteiger partial charge in [0.05, 0.1) is 11.7 Å². The van der Waals surface area contributed by atoms with E-state index in [-0.39, 0.29) is 11.9 Å². The predicted octanol–water partition coefficient (Wildman–Crippen LogP) is 3.13. The molecule has 1 aliphatic rings. The smallest absolute Gasteiger partial charge is 0.126 e. The van der Waals surface area contributed by atoms with Crippen LogP contribution < -0.4 is 5.73 Å². The normalized spacial score (nSPS) is 15.7. The number of rotatable bonds is 2. The number of thiazole rings is 1. The van der Waals surface area contributed by atoms with Crippen LogP contribution in [0.25, 0.3) is 0 Å². The summed E-state index contributed by atoms with van der Waals surface area (Å²) in [6, 6.07) is 4.80. The lowest BCUT2D eigenvalue weighted by Crippen LogP contribution is -2.12. The van der Waals surface area contributed by atoms with Crippen LogP contribution in [0.3, 0.4) is 0 Å². The van der Waals surface area contributed by atoms with Crippen molar-refractivity contribution in [3.8, 4) is 0 Å². The van der Waals surface area contributed by atoms with Crippen molar-refractivity contribution < 1.29 is 4.39 Å². The fourth-order valence-electron chi connectivity index (χ4n) is 2.35. The minimum atomic E-state index is -0.236. The molecule has 0 saturated heterocycles. The quantitative estimate of drug-likeness (QED) is 0.903. The van der Waals surface area contributed by atoms with Gasteiger partial charge in [0.25, 0.3) is 0 Å². The van der Waals surface area contributed by atoms with Gasteiger partial charge < -0.3 is 5.73 Å². The first-order valence-electron chi connectivity index (χ1n) is 6.15. The first kappa shape index (κ1) is 11.8. The highest BCUT2D eigenvalue weighted by Crippen LogP contribution is 2.32. The Hall–Kier alpha value is -1.26. The average Bonchev–Trinajstić information content (AvgIpc) is 2.92. The van der Waals surface area contributed by atoms with Gasteiger partial charge in [-0.1, -0.05) is 12.1 Å². The largest absolute Gasteiger partial charge is 0.318 e. The van der Waals surface area contributed by atoms with Crippen molar-refractivity contribution in [1.29, 1.82) is 0 Å². The zero-order chi connectivity index (χ0) is 12.7. The molecule has 1 aromatic carbocycles. The lowest BCUT2D eigenvalue weighted by molar-refractivity contribution is 0.616. The van der Waals surface area contributed by atoms with Crippen molar-refractivity contribution >= 4 is 11.3 Å². The van der Waals surface area contributed by atoms with Gasteiger partial charge in [-0.25, -0.2) is 9.37 Å². The van der Waals surface area contributed by atoms with Gasteiger partial charge in [-0.15, -0.1) is 11.3 Å². The van der Waals surface area contributed by atoms with Gasteiger partial charge >= 0.3 is 0 Å². The second-order valence-electron chi connectivity index (χ2n) is 4.76. The molecular formula is C14H15FN2S. The Morgan fingerprint density at radius 1 is 1.39 bits per heavy atom. The first-order chi connectivity index (χ1) is 8.65. The first-order valence-corrected chi connectivity index (χ1v) is 6.97. The third-order valence-electron chi connectivity index (χ3n) is 3.42. The predicted molar refractivity (Wildman–Crippen MR) is 71.3 cm³/mol. The van der Waals surface area contributed by atoms with Gasteiger partial charge in [-0.05, 0) is 43.4 Å². The van der Waals surface area contributed by atoms with Crippen molar-refractivity contribution in [2.45, 2.75) is 32.2 Å². The molecule has 1 aliphatic carbocycles. The standard InChI is InChI=1S/C14H15FN2S/c1-8-7-9(5-6-10(8)15)13(16)14-17-11-3-2-4-12(11)18-14/h5-7,13H,2-4,16H2,1H3. The lowest BCUT2D eigenvalue weighted by atomic mass is 10.1. The monoisotopic (exact) mass is 262 g/mol. The topological polar surface area (TPSA) is 38.9 Å². The molecule has 3 rings (SSSR count). The molecule has 0 aliphatic heterocycles. The maximum Gasteiger partial charge on any atom is 0.126 e. The van der Waals surface area contributed by atoms with Crippen LogP contribution in [0.5, 0.6) is 0 Å². The summed E-state index contributed by atoms with van der Waals surface area (Å²) in [5, 5.41) is 0.950. The summed E-state index contributed by atoms with van der Waals surface area (Å²) in [5.74, 6) is -0.187. The molecule has 0 spiro atoms. The van der Waals surface area contributed by atoms with Crippen molar-refractivity contribution in [3.05, 3.63) is 50.7 Å². The molecule has 0 radical (unpaired) electrons. The van der Waals surface area contributed by atoms with E-state index < -0.39 is 0 Å².